The number of anilines is 1. The van der Waals surface area contributed by atoms with Crippen molar-refractivity contribution >= 4 is 28.3 Å². The summed E-state index contributed by atoms with van der Waals surface area (Å²) in [6.07, 6.45) is 2.58. The van der Waals surface area contributed by atoms with E-state index >= 15 is 0 Å². The van der Waals surface area contributed by atoms with Crippen molar-refractivity contribution in [3.63, 3.8) is 0 Å². The Morgan fingerprint density at radius 3 is 2.79 bits per heavy atom. The fraction of sp³-hybridized carbons (Fsp3) is 0.476. The number of thiazole rings is 1. The first-order valence-electron chi connectivity index (χ1n) is 9.83. The Balaban J connectivity index is 1.39. The van der Waals surface area contributed by atoms with Gasteiger partial charge in [0.05, 0.1) is 11.6 Å². The van der Waals surface area contributed by atoms with Gasteiger partial charge in [-0.15, -0.1) is 11.3 Å². The number of carbonyl (C=O) groups excluding carboxylic acids is 2. The summed E-state index contributed by atoms with van der Waals surface area (Å²) in [5, 5.41) is 3.69. The van der Waals surface area contributed by atoms with Crippen LogP contribution in [0.3, 0.4) is 0 Å². The molecule has 0 spiro atoms. The molecule has 2 aliphatic rings. The van der Waals surface area contributed by atoms with E-state index in [9.17, 15) is 9.59 Å². The van der Waals surface area contributed by atoms with Crippen molar-refractivity contribution in [2.24, 2.45) is 5.92 Å². The summed E-state index contributed by atoms with van der Waals surface area (Å²) in [6.45, 7) is 5.07. The molecule has 2 aliphatic heterocycles. The van der Waals surface area contributed by atoms with Crippen LogP contribution in [0.4, 0.5) is 5.13 Å². The van der Waals surface area contributed by atoms with E-state index in [4.69, 9.17) is 0 Å². The first-order chi connectivity index (χ1) is 13.5. The SMILES string of the molecule is Cc1ccc(C(=O)N2CCCC(C(=O)Nc3nc4c(s3)CN(C)CC4)C2)cc1. The topological polar surface area (TPSA) is 65.5 Å². The van der Waals surface area contributed by atoms with Gasteiger partial charge in [0.2, 0.25) is 5.91 Å². The van der Waals surface area contributed by atoms with Gasteiger partial charge in [0.1, 0.15) is 0 Å². The van der Waals surface area contributed by atoms with Gasteiger partial charge in [-0.1, -0.05) is 17.7 Å². The zero-order valence-electron chi connectivity index (χ0n) is 16.4. The number of benzene rings is 1. The number of aromatic nitrogens is 1. The lowest BCUT2D eigenvalue weighted by atomic mass is 9.96. The van der Waals surface area contributed by atoms with Gasteiger partial charge in [-0.3, -0.25) is 9.59 Å². The normalized spacial score (nSPS) is 19.9. The molecule has 7 heteroatoms. The minimum absolute atomic E-state index is 0.00486. The molecule has 1 aromatic carbocycles. The average molecular weight is 399 g/mol. The van der Waals surface area contributed by atoms with Crippen molar-refractivity contribution in [2.75, 3.05) is 32.0 Å². The number of likely N-dealkylation sites (N-methyl/N-ethyl adjacent to an activating group) is 1. The summed E-state index contributed by atoms with van der Waals surface area (Å²) in [5.74, 6) is -0.210. The van der Waals surface area contributed by atoms with Crippen LogP contribution in [0.5, 0.6) is 0 Å². The molecular formula is C21H26N4O2S. The molecule has 148 valence electrons. The molecule has 1 unspecified atom stereocenters. The highest BCUT2D eigenvalue weighted by atomic mass is 32.1. The van der Waals surface area contributed by atoms with Crippen LogP contribution in [0, 0.1) is 12.8 Å². The third-order valence-electron chi connectivity index (χ3n) is 5.53. The highest BCUT2D eigenvalue weighted by molar-refractivity contribution is 7.15. The van der Waals surface area contributed by atoms with E-state index in [-0.39, 0.29) is 17.7 Å². The number of amides is 2. The monoisotopic (exact) mass is 398 g/mol. The number of hydrogen-bond donors (Lipinski definition) is 1. The number of aryl methyl sites for hydroxylation is 1. The van der Waals surface area contributed by atoms with Crippen LogP contribution in [-0.4, -0.2) is 53.3 Å². The van der Waals surface area contributed by atoms with Gasteiger partial charge in [-0.2, -0.15) is 0 Å². The number of fused-ring (bicyclic) bond motifs is 1. The molecule has 2 aromatic rings. The van der Waals surface area contributed by atoms with Crippen LogP contribution in [0.15, 0.2) is 24.3 Å². The number of rotatable bonds is 3. The maximum absolute atomic E-state index is 12.8. The zero-order chi connectivity index (χ0) is 19.7. The minimum atomic E-state index is -0.188. The Morgan fingerprint density at radius 1 is 1.21 bits per heavy atom. The summed E-state index contributed by atoms with van der Waals surface area (Å²) in [7, 11) is 2.10. The van der Waals surface area contributed by atoms with Gasteiger partial charge in [0.15, 0.2) is 5.13 Å². The van der Waals surface area contributed by atoms with Crippen molar-refractivity contribution in [3.8, 4) is 0 Å². The number of likely N-dealkylation sites (tertiary alicyclic amines) is 1. The Labute approximate surface area is 169 Å². The second-order valence-electron chi connectivity index (χ2n) is 7.82. The quantitative estimate of drug-likeness (QED) is 0.863. The van der Waals surface area contributed by atoms with Crippen molar-refractivity contribution in [1.29, 1.82) is 0 Å². The van der Waals surface area contributed by atoms with Crippen molar-refractivity contribution in [2.45, 2.75) is 32.7 Å². The van der Waals surface area contributed by atoms with E-state index in [0.717, 1.165) is 43.6 Å². The maximum Gasteiger partial charge on any atom is 0.253 e. The lowest BCUT2D eigenvalue weighted by molar-refractivity contribution is -0.121. The molecule has 4 rings (SSSR count). The average Bonchev–Trinajstić information content (AvgIpc) is 3.09. The fourth-order valence-electron chi connectivity index (χ4n) is 3.84. The molecular weight excluding hydrogens is 372 g/mol. The molecule has 2 amide bonds. The smallest absolute Gasteiger partial charge is 0.253 e. The van der Waals surface area contributed by atoms with Crippen LogP contribution < -0.4 is 5.32 Å². The van der Waals surface area contributed by atoms with Crippen molar-refractivity contribution in [3.05, 3.63) is 46.0 Å². The van der Waals surface area contributed by atoms with Gasteiger partial charge in [-0.05, 0) is 38.9 Å². The number of hydrogen-bond acceptors (Lipinski definition) is 5. The molecule has 1 saturated heterocycles. The second kappa shape index (κ2) is 8.01. The first-order valence-corrected chi connectivity index (χ1v) is 10.6. The zero-order valence-corrected chi connectivity index (χ0v) is 17.2. The Morgan fingerprint density at radius 2 is 2.00 bits per heavy atom. The molecule has 1 fully saturated rings. The second-order valence-corrected chi connectivity index (χ2v) is 8.91. The van der Waals surface area contributed by atoms with Gasteiger partial charge in [0.25, 0.3) is 5.91 Å². The molecule has 0 saturated carbocycles. The summed E-state index contributed by atoms with van der Waals surface area (Å²) in [5.41, 5.74) is 2.92. The third-order valence-corrected chi connectivity index (χ3v) is 6.53. The van der Waals surface area contributed by atoms with E-state index in [1.807, 2.05) is 31.2 Å². The third kappa shape index (κ3) is 4.10. The van der Waals surface area contributed by atoms with Crippen LogP contribution in [0.1, 0.15) is 39.3 Å². The van der Waals surface area contributed by atoms with E-state index in [0.29, 0.717) is 23.8 Å². The molecule has 28 heavy (non-hydrogen) atoms. The molecule has 0 bridgehead atoms. The lowest BCUT2D eigenvalue weighted by Gasteiger charge is -2.32. The summed E-state index contributed by atoms with van der Waals surface area (Å²) >= 11 is 1.57. The molecule has 3 heterocycles. The van der Waals surface area contributed by atoms with Gasteiger partial charge < -0.3 is 15.1 Å². The Bertz CT molecular complexity index is 877. The highest BCUT2D eigenvalue weighted by Gasteiger charge is 2.30. The van der Waals surface area contributed by atoms with Crippen LogP contribution in [0.2, 0.25) is 0 Å². The Kier molecular flexibility index (Phi) is 5.46. The van der Waals surface area contributed by atoms with Crippen molar-refractivity contribution < 1.29 is 9.59 Å². The summed E-state index contributed by atoms with van der Waals surface area (Å²) < 4.78 is 0. The van der Waals surface area contributed by atoms with E-state index in [2.05, 4.69) is 22.2 Å². The number of carbonyl (C=O) groups is 2. The summed E-state index contributed by atoms with van der Waals surface area (Å²) in [6, 6.07) is 7.61. The minimum Gasteiger partial charge on any atom is -0.338 e. The van der Waals surface area contributed by atoms with E-state index < -0.39 is 0 Å². The van der Waals surface area contributed by atoms with Crippen LogP contribution in [-0.2, 0) is 17.8 Å². The summed E-state index contributed by atoms with van der Waals surface area (Å²) in [4.78, 5) is 35.5. The molecule has 0 radical (unpaired) electrons. The van der Waals surface area contributed by atoms with Gasteiger partial charge in [-0.25, -0.2) is 4.98 Å². The predicted octanol–water partition coefficient (Wildman–Crippen LogP) is 2.93. The van der Waals surface area contributed by atoms with Gasteiger partial charge >= 0.3 is 0 Å². The number of nitrogens with zero attached hydrogens (tertiary/aromatic N) is 3. The lowest BCUT2D eigenvalue weighted by Crippen LogP contribution is -2.43. The standard InChI is InChI=1S/C21H26N4O2S/c1-14-5-7-15(8-6-14)20(27)25-10-3-4-16(12-25)19(26)23-21-22-17-9-11-24(2)13-18(17)28-21/h5-8,16H,3-4,9-13H2,1-2H3,(H,22,23,26). The van der Waals surface area contributed by atoms with E-state index in [1.165, 1.54) is 4.88 Å². The first kappa shape index (κ1) is 19.1. The van der Waals surface area contributed by atoms with Crippen LogP contribution in [0.25, 0.3) is 0 Å². The maximum atomic E-state index is 12.8. The van der Waals surface area contributed by atoms with Gasteiger partial charge in [0, 0.05) is 43.0 Å². The number of piperidine rings is 1. The molecule has 1 atom stereocenters. The van der Waals surface area contributed by atoms with Crippen molar-refractivity contribution in [1.82, 2.24) is 14.8 Å². The largest absolute Gasteiger partial charge is 0.338 e. The fourth-order valence-corrected chi connectivity index (χ4v) is 4.93. The molecule has 1 aromatic heterocycles. The molecule has 6 nitrogen and oxygen atoms in total. The van der Waals surface area contributed by atoms with Crippen LogP contribution >= 0.6 is 11.3 Å². The van der Waals surface area contributed by atoms with E-state index in [1.54, 1.807) is 16.2 Å². The predicted molar refractivity (Wildman–Crippen MR) is 111 cm³/mol. The molecule has 0 aliphatic carbocycles. The Hall–Kier alpha value is -2.25. The number of nitrogens with one attached hydrogen (secondary N) is 1. The highest BCUT2D eigenvalue weighted by Crippen LogP contribution is 2.29. The molecule has 1 N–H and O–H groups in total.